The summed E-state index contributed by atoms with van der Waals surface area (Å²) in [6.07, 6.45) is 5.52. The summed E-state index contributed by atoms with van der Waals surface area (Å²) in [4.78, 5) is 35.3. The highest BCUT2D eigenvalue weighted by molar-refractivity contribution is 5.78. The molecule has 172 valence electrons. The summed E-state index contributed by atoms with van der Waals surface area (Å²) in [5.41, 5.74) is 6.28. The van der Waals surface area contributed by atoms with Gasteiger partial charge in [0.25, 0.3) is 5.56 Å². The fourth-order valence-corrected chi connectivity index (χ4v) is 4.30. The highest BCUT2D eigenvalue weighted by Gasteiger charge is 2.26. The zero-order valence-electron chi connectivity index (χ0n) is 19.9. The van der Waals surface area contributed by atoms with Crippen molar-refractivity contribution < 1.29 is 4.79 Å². The average Bonchev–Trinajstić information content (AvgIpc) is 2.68. The Kier molecular flexibility index (Phi) is 9.23. The summed E-state index contributed by atoms with van der Waals surface area (Å²) in [7, 11) is 0. The summed E-state index contributed by atoms with van der Waals surface area (Å²) in [6.45, 7) is 12.1. The number of hydrogen-bond acceptors (Lipinski definition) is 4. The number of nitrogens with zero attached hydrogens (tertiary/aromatic N) is 2. The molecule has 0 radical (unpaired) electrons. The Morgan fingerprint density at radius 2 is 1.81 bits per heavy atom. The number of carbonyl (C=O) groups excluding carboxylic acids is 1. The van der Waals surface area contributed by atoms with Gasteiger partial charge < -0.3 is 15.6 Å². The molecule has 2 unspecified atom stereocenters. The second kappa shape index (κ2) is 11.4. The number of nitrogens with two attached hydrogens (primary N) is 1. The summed E-state index contributed by atoms with van der Waals surface area (Å²) in [5, 5.41) is 0.567. The minimum Gasteiger partial charge on any atom is -0.333 e. The molecule has 2 rings (SSSR count). The van der Waals surface area contributed by atoms with Gasteiger partial charge in [0, 0.05) is 13.0 Å². The second-order valence-corrected chi connectivity index (χ2v) is 10.0. The van der Waals surface area contributed by atoms with Gasteiger partial charge in [0.05, 0.1) is 16.9 Å². The molecule has 2 atom stereocenters. The van der Waals surface area contributed by atoms with Crippen LogP contribution in [0.5, 0.6) is 0 Å². The molecule has 1 aromatic heterocycles. The van der Waals surface area contributed by atoms with Crippen LogP contribution in [0.15, 0.2) is 29.1 Å². The Labute approximate surface area is 186 Å². The van der Waals surface area contributed by atoms with E-state index in [1.807, 2.05) is 30.0 Å². The topological polar surface area (TPSA) is 92.1 Å². The standard InChI is InChI=1S/C25H40N4O2/c1-18(17-25(3,4)5)16-22(30)29(15-11-7-6-10-14-26)19(2)23-27-21-13-9-8-12-20(21)24(31)28-23/h8-9,12-13,18-19H,6-7,10-11,14-17,26H2,1-5H3,(H,27,28,31). The van der Waals surface area contributed by atoms with Crippen molar-refractivity contribution in [3.63, 3.8) is 0 Å². The number of rotatable bonds is 11. The normalized spacial score (nSPS) is 13.9. The maximum atomic E-state index is 13.3. The maximum Gasteiger partial charge on any atom is 0.258 e. The number of benzene rings is 1. The van der Waals surface area contributed by atoms with E-state index < -0.39 is 0 Å². The highest BCUT2D eigenvalue weighted by Crippen LogP contribution is 2.28. The molecule has 1 aromatic carbocycles. The van der Waals surface area contributed by atoms with E-state index in [1.165, 1.54) is 0 Å². The van der Waals surface area contributed by atoms with Crippen molar-refractivity contribution >= 4 is 16.8 Å². The predicted molar refractivity (Wildman–Crippen MR) is 128 cm³/mol. The van der Waals surface area contributed by atoms with Crippen molar-refractivity contribution in [3.8, 4) is 0 Å². The van der Waals surface area contributed by atoms with Crippen LogP contribution < -0.4 is 11.3 Å². The van der Waals surface area contributed by atoms with Crippen LogP contribution in [0.25, 0.3) is 10.9 Å². The van der Waals surface area contributed by atoms with Crippen molar-refractivity contribution in [2.75, 3.05) is 13.1 Å². The molecule has 1 heterocycles. The molecule has 2 aromatic rings. The number of carbonyl (C=O) groups is 1. The van der Waals surface area contributed by atoms with Gasteiger partial charge >= 0.3 is 0 Å². The van der Waals surface area contributed by atoms with Gasteiger partial charge in [0.15, 0.2) is 0 Å². The van der Waals surface area contributed by atoms with E-state index in [9.17, 15) is 9.59 Å². The number of nitrogens with one attached hydrogen (secondary N) is 1. The van der Waals surface area contributed by atoms with Crippen LogP contribution in [0.2, 0.25) is 0 Å². The number of para-hydroxylation sites is 1. The zero-order valence-corrected chi connectivity index (χ0v) is 19.9. The Bertz CT molecular complexity index is 900. The van der Waals surface area contributed by atoms with E-state index >= 15 is 0 Å². The van der Waals surface area contributed by atoms with Crippen LogP contribution >= 0.6 is 0 Å². The molecule has 6 heteroatoms. The second-order valence-electron chi connectivity index (χ2n) is 10.0. The van der Waals surface area contributed by atoms with E-state index in [2.05, 4.69) is 37.7 Å². The molecule has 6 nitrogen and oxygen atoms in total. The molecule has 0 fully saturated rings. The summed E-state index contributed by atoms with van der Waals surface area (Å²) in [6, 6.07) is 7.02. The van der Waals surface area contributed by atoms with Crippen molar-refractivity contribution in [1.82, 2.24) is 14.9 Å². The zero-order chi connectivity index (χ0) is 23.0. The lowest BCUT2D eigenvalue weighted by molar-refractivity contribution is -0.134. The van der Waals surface area contributed by atoms with Crippen LogP contribution in [0, 0.1) is 11.3 Å². The van der Waals surface area contributed by atoms with E-state index in [0.717, 1.165) is 32.1 Å². The molecular formula is C25H40N4O2. The first kappa shape index (κ1) is 25.1. The van der Waals surface area contributed by atoms with Gasteiger partial charge in [-0.1, -0.05) is 52.7 Å². The molecule has 0 saturated heterocycles. The predicted octanol–water partition coefficient (Wildman–Crippen LogP) is 4.79. The molecule has 0 saturated carbocycles. The first-order valence-corrected chi connectivity index (χ1v) is 11.6. The molecule has 31 heavy (non-hydrogen) atoms. The lowest BCUT2D eigenvalue weighted by atomic mass is 9.84. The number of amides is 1. The van der Waals surface area contributed by atoms with Crippen LogP contribution in [-0.4, -0.2) is 33.9 Å². The van der Waals surface area contributed by atoms with Gasteiger partial charge in [0.1, 0.15) is 5.82 Å². The Hall–Kier alpha value is -2.21. The van der Waals surface area contributed by atoms with E-state index in [0.29, 0.717) is 42.2 Å². The van der Waals surface area contributed by atoms with Crippen molar-refractivity contribution in [2.24, 2.45) is 17.1 Å². The van der Waals surface area contributed by atoms with E-state index in [4.69, 9.17) is 5.73 Å². The molecule has 0 aliphatic carbocycles. The largest absolute Gasteiger partial charge is 0.333 e. The third-order valence-corrected chi connectivity index (χ3v) is 5.65. The molecular weight excluding hydrogens is 388 g/mol. The van der Waals surface area contributed by atoms with Gasteiger partial charge in [-0.3, -0.25) is 9.59 Å². The van der Waals surface area contributed by atoms with E-state index in [1.54, 1.807) is 6.07 Å². The van der Waals surface area contributed by atoms with Gasteiger partial charge in [-0.25, -0.2) is 4.98 Å². The van der Waals surface area contributed by atoms with Crippen LogP contribution in [-0.2, 0) is 4.79 Å². The third kappa shape index (κ3) is 7.76. The molecule has 0 spiro atoms. The summed E-state index contributed by atoms with van der Waals surface area (Å²) < 4.78 is 0. The minimum atomic E-state index is -0.291. The number of unbranched alkanes of at least 4 members (excludes halogenated alkanes) is 3. The Morgan fingerprint density at radius 1 is 1.13 bits per heavy atom. The highest BCUT2D eigenvalue weighted by atomic mass is 16.2. The third-order valence-electron chi connectivity index (χ3n) is 5.65. The van der Waals surface area contributed by atoms with Crippen LogP contribution in [0.1, 0.15) is 85.0 Å². The van der Waals surface area contributed by atoms with Gasteiger partial charge in [-0.2, -0.15) is 0 Å². The summed E-state index contributed by atoms with van der Waals surface area (Å²) in [5.74, 6) is 0.962. The number of aromatic nitrogens is 2. The molecule has 0 aliphatic rings. The summed E-state index contributed by atoms with van der Waals surface area (Å²) >= 11 is 0. The molecule has 0 bridgehead atoms. The quantitative estimate of drug-likeness (QED) is 0.503. The lowest BCUT2D eigenvalue weighted by Gasteiger charge is -2.31. The Balaban J connectivity index is 2.21. The smallest absolute Gasteiger partial charge is 0.258 e. The minimum absolute atomic E-state index is 0.124. The number of H-pyrrole nitrogens is 1. The first-order valence-electron chi connectivity index (χ1n) is 11.6. The first-order chi connectivity index (χ1) is 14.6. The molecule has 3 N–H and O–H groups in total. The van der Waals surface area contributed by atoms with Crippen LogP contribution in [0.4, 0.5) is 0 Å². The monoisotopic (exact) mass is 428 g/mol. The van der Waals surface area contributed by atoms with Crippen molar-refractivity contribution in [2.45, 2.75) is 79.2 Å². The average molecular weight is 429 g/mol. The molecule has 1 amide bonds. The van der Waals surface area contributed by atoms with Crippen LogP contribution in [0.3, 0.4) is 0 Å². The van der Waals surface area contributed by atoms with Gasteiger partial charge in [-0.15, -0.1) is 0 Å². The SMILES string of the molecule is CC(CC(=O)N(CCCCCCN)C(C)c1nc2ccccc2c(=O)[nH]1)CC(C)(C)C. The fraction of sp³-hybridized carbons (Fsp3) is 0.640. The van der Waals surface area contributed by atoms with Gasteiger partial charge in [-0.05, 0) is 56.2 Å². The number of hydrogen-bond donors (Lipinski definition) is 2. The fourth-order valence-electron chi connectivity index (χ4n) is 4.30. The number of aromatic amines is 1. The maximum absolute atomic E-state index is 13.3. The molecule has 0 aliphatic heterocycles. The van der Waals surface area contributed by atoms with Crippen molar-refractivity contribution in [3.05, 3.63) is 40.4 Å². The Morgan fingerprint density at radius 3 is 2.48 bits per heavy atom. The van der Waals surface area contributed by atoms with E-state index in [-0.39, 0.29) is 22.9 Å². The number of fused-ring (bicyclic) bond motifs is 1. The van der Waals surface area contributed by atoms with Gasteiger partial charge in [0.2, 0.25) is 5.91 Å². The van der Waals surface area contributed by atoms with Crippen molar-refractivity contribution in [1.29, 1.82) is 0 Å². The lowest BCUT2D eigenvalue weighted by Crippen LogP contribution is -2.37.